The molecule has 17 heavy (non-hydrogen) atoms. The molecule has 2 saturated carbocycles. The third-order valence-electron chi connectivity index (χ3n) is 4.82. The molecule has 0 bridgehead atoms. The second kappa shape index (κ2) is 4.24. The predicted octanol–water partition coefficient (Wildman–Crippen LogP) is 2.64. The lowest BCUT2D eigenvalue weighted by Gasteiger charge is -2.42. The van der Waals surface area contributed by atoms with Gasteiger partial charge in [-0.25, -0.2) is 0 Å². The van der Waals surface area contributed by atoms with Crippen molar-refractivity contribution in [3.05, 3.63) is 0 Å². The summed E-state index contributed by atoms with van der Waals surface area (Å²) in [4.78, 5) is 2.81. The van der Waals surface area contributed by atoms with Gasteiger partial charge in [-0.3, -0.25) is 4.90 Å². The minimum absolute atomic E-state index is 0.267. The highest BCUT2D eigenvalue weighted by molar-refractivity contribution is 5.02. The number of hydrogen-bond acceptors (Lipinski definition) is 2. The van der Waals surface area contributed by atoms with E-state index in [0.29, 0.717) is 0 Å². The Morgan fingerprint density at radius 2 is 1.65 bits per heavy atom. The molecule has 0 aromatic rings. The topological polar surface area (TPSA) is 15.3 Å². The summed E-state index contributed by atoms with van der Waals surface area (Å²) in [5.74, 6) is 2.15. The number of likely N-dealkylation sites (tertiary alicyclic amines) is 1. The zero-order valence-electron chi connectivity index (χ0n) is 11.7. The fourth-order valence-electron chi connectivity index (χ4n) is 3.98. The first-order valence-corrected chi connectivity index (χ1v) is 7.55. The summed E-state index contributed by atoms with van der Waals surface area (Å²) < 4.78 is 0. The average Bonchev–Trinajstić information content (AvgIpc) is 2.84. The molecule has 0 spiro atoms. The Kier molecular flexibility index (Phi) is 2.99. The standard InChI is InChI=1S/C15H28N2/c1-15(2,3)16-13-6-4-5-7-14(13)17-9-11-8-12(11)10-17/h11-14,16H,4-10H2,1-3H3/t11?,12?,13-,14-/m0/s1. The molecule has 0 aromatic carbocycles. The maximum absolute atomic E-state index is 3.87. The second-order valence-corrected chi connectivity index (χ2v) is 7.56. The van der Waals surface area contributed by atoms with Gasteiger partial charge in [0.25, 0.3) is 0 Å². The van der Waals surface area contributed by atoms with E-state index in [9.17, 15) is 0 Å². The smallest absolute Gasteiger partial charge is 0.0249 e. The van der Waals surface area contributed by atoms with Crippen molar-refractivity contribution in [3.63, 3.8) is 0 Å². The van der Waals surface area contributed by atoms with Crippen LogP contribution in [0.4, 0.5) is 0 Å². The summed E-state index contributed by atoms with van der Waals surface area (Å²) in [7, 11) is 0. The molecule has 3 rings (SSSR count). The molecule has 2 aliphatic carbocycles. The Balaban J connectivity index is 1.63. The molecule has 1 heterocycles. The molecule has 98 valence electrons. The zero-order chi connectivity index (χ0) is 12.0. The molecule has 1 N–H and O–H groups in total. The van der Waals surface area contributed by atoms with Gasteiger partial charge in [0.05, 0.1) is 0 Å². The molecular weight excluding hydrogens is 208 g/mol. The average molecular weight is 236 g/mol. The fraction of sp³-hybridized carbons (Fsp3) is 1.00. The molecule has 3 aliphatic rings. The van der Waals surface area contributed by atoms with Crippen LogP contribution in [0.5, 0.6) is 0 Å². The van der Waals surface area contributed by atoms with Crippen LogP contribution in [-0.4, -0.2) is 35.6 Å². The van der Waals surface area contributed by atoms with Gasteiger partial charge in [0.15, 0.2) is 0 Å². The minimum atomic E-state index is 0.267. The van der Waals surface area contributed by atoms with E-state index < -0.39 is 0 Å². The van der Waals surface area contributed by atoms with Crippen LogP contribution >= 0.6 is 0 Å². The number of piperidine rings is 1. The van der Waals surface area contributed by atoms with Crippen molar-refractivity contribution in [1.82, 2.24) is 10.2 Å². The number of hydrogen-bond donors (Lipinski definition) is 1. The molecule has 0 radical (unpaired) electrons. The molecule has 4 atom stereocenters. The van der Waals surface area contributed by atoms with Crippen LogP contribution in [0.1, 0.15) is 52.9 Å². The summed E-state index contributed by atoms with van der Waals surface area (Å²) in [5.41, 5.74) is 0.267. The highest BCUT2D eigenvalue weighted by atomic mass is 15.2. The molecule has 3 fully saturated rings. The highest BCUT2D eigenvalue weighted by Crippen LogP contribution is 2.46. The molecule has 0 aromatic heterocycles. The van der Waals surface area contributed by atoms with Gasteiger partial charge in [0, 0.05) is 30.7 Å². The van der Waals surface area contributed by atoms with Gasteiger partial charge in [-0.2, -0.15) is 0 Å². The fourth-order valence-corrected chi connectivity index (χ4v) is 3.98. The van der Waals surface area contributed by atoms with E-state index >= 15 is 0 Å². The number of nitrogens with one attached hydrogen (secondary N) is 1. The summed E-state index contributed by atoms with van der Waals surface area (Å²) >= 11 is 0. The van der Waals surface area contributed by atoms with Crippen molar-refractivity contribution in [2.24, 2.45) is 11.8 Å². The lowest BCUT2D eigenvalue weighted by molar-refractivity contribution is 0.120. The van der Waals surface area contributed by atoms with Crippen molar-refractivity contribution in [1.29, 1.82) is 0 Å². The van der Waals surface area contributed by atoms with E-state index in [0.717, 1.165) is 23.9 Å². The van der Waals surface area contributed by atoms with E-state index in [-0.39, 0.29) is 5.54 Å². The SMILES string of the molecule is CC(C)(C)N[C@H]1CCCC[C@@H]1N1CC2CC2C1. The van der Waals surface area contributed by atoms with Crippen molar-refractivity contribution < 1.29 is 0 Å². The third-order valence-corrected chi connectivity index (χ3v) is 4.82. The van der Waals surface area contributed by atoms with Gasteiger partial charge in [0.1, 0.15) is 0 Å². The minimum Gasteiger partial charge on any atom is -0.308 e. The van der Waals surface area contributed by atoms with Crippen molar-refractivity contribution in [2.75, 3.05) is 13.1 Å². The van der Waals surface area contributed by atoms with Gasteiger partial charge in [-0.05, 0) is 51.9 Å². The maximum atomic E-state index is 3.87. The quantitative estimate of drug-likeness (QED) is 0.793. The van der Waals surface area contributed by atoms with Gasteiger partial charge < -0.3 is 5.32 Å². The maximum Gasteiger partial charge on any atom is 0.0249 e. The second-order valence-electron chi connectivity index (χ2n) is 7.56. The van der Waals surface area contributed by atoms with Crippen LogP contribution in [0.15, 0.2) is 0 Å². The molecule has 2 unspecified atom stereocenters. The summed E-state index contributed by atoms with van der Waals surface area (Å²) in [6.45, 7) is 9.72. The van der Waals surface area contributed by atoms with E-state index in [1.165, 1.54) is 45.2 Å². The lowest BCUT2D eigenvalue weighted by atomic mass is 9.87. The largest absolute Gasteiger partial charge is 0.308 e. The zero-order valence-corrected chi connectivity index (χ0v) is 11.7. The first-order valence-electron chi connectivity index (χ1n) is 7.55. The summed E-state index contributed by atoms with van der Waals surface area (Å²) in [6.07, 6.45) is 7.20. The van der Waals surface area contributed by atoms with Crippen LogP contribution in [0.25, 0.3) is 0 Å². The monoisotopic (exact) mass is 236 g/mol. The van der Waals surface area contributed by atoms with Crippen LogP contribution in [0, 0.1) is 11.8 Å². The van der Waals surface area contributed by atoms with Crippen molar-refractivity contribution >= 4 is 0 Å². The van der Waals surface area contributed by atoms with Crippen LogP contribution in [-0.2, 0) is 0 Å². The van der Waals surface area contributed by atoms with Crippen LogP contribution < -0.4 is 5.32 Å². The van der Waals surface area contributed by atoms with Gasteiger partial charge in [-0.1, -0.05) is 12.8 Å². The van der Waals surface area contributed by atoms with Gasteiger partial charge in [0.2, 0.25) is 0 Å². The Morgan fingerprint density at radius 1 is 1.00 bits per heavy atom. The third kappa shape index (κ3) is 2.68. The number of fused-ring (bicyclic) bond motifs is 1. The molecule has 0 amide bonds. The first-order chi connectivity index (χ1) is 8.03. The van der Waals surface area contributed by atoms with E-state index in [4.69, 9.17) is 0 Å². The Bertz CT molecular complexity index is 271. The molecular formula is C15H28N2. The summed E-state index contributed by atoms with van der Waals surface area (Å²) in [5, 5.41) is 3.87. The normalized spacial score (nSPS) is 42.5. The van der Waals surface area contributed by atoms with Crippen molar-refractivity contribution in [2.45, 2.75) is 70.5 Å². The van der Waals surface area contributed by atoms with E-state index in [1.807, 2.05) is 0 Å². The van der Waals surface area contributed by atoms with E-state index in [1.54, 1.807) is 0 Å². The predicted molar refractivity (Wildman–Crippen MR) is 72.1 cm³/mol. The van der Waals surface area contributed by atoms with Gasteiger partial charge >= 0.3 is 0 Å². The first kappa shape index (κ1) is 12.0. The molecule has 1 saturated heterocycles. The Hall–Kier alpha value is -0.0800. The number of rotatable bonds is 2. The molecule has 2 nitrogen and oxygen atoms in total. The Morgan fingerprint density at radius 3 is 2.29 bits per heavy atom. The number of nitrogens with zero attached hydrogens (tertiary/aromatic N) is 1. The van der Waals surface area contributed by atoms with Gasteiger partial charge in [-0.15, -0.1) is 0 Å². The lowest BCUT2D eigenvalue weighted by Crippen LogP contribution is -2.56. The van der Waals surface area contributed by atoms with Crippen LogP contribution in [0.3, 0.4) is 0 Å². The highest BCUT2D eigenvalue weighted by Gasteiger charge is 2.48. The summed E-state index contributed by atoms with van der Waals surface area (Å²) in [6, 6.07) is 1.57. The Labute approximate surface area is 106 Å². The molecule has 1 aliphatic heterocycles. The van der Waals surface area contributed by atoms with Crippen molar-refractivity contribution in [3.8, 4) is 0 Å². The molecule has 2 heteroatoms. The van der Waals surface area contributed by atoms with E-state index in [2.05, 4.69) is 31.0 Å². The van der Waals surface area contributed by atoms with Crippen LogP contribution in [0.2, 0.25) is 0 Å².